The van der Waals surface area contributed by atoms with Gasteiger partial charge in [-0.05, 0) is 26.0 Å². The summed E-state index contributed by atoms with van der Waals surface area (Å²) in [6, 6.07) is 3.05. The second-order valence-electron chi connectivity index (χ2n) is 4.23. The molecular formula is C13H18ClN3O3. The van der Waals surface area contributed by atoms with Gasteiger partial charge in [0.1, 0.15) is 5.82 Å². The van der Waals surface area contributed by atoms with Crippen LogP contribution in [0.3, 0.4) is 0 Å². The van der Waals surface area contributed by atoms with Crippen molar-refractivity contribution in [2.45, 2.75) is 13.8 Å². The molecule has 1 rings (SSSR count). The van der Waals surface area contributed by atoms with Crippen LogP contribution in [-0.4, -0.2) is 53.5 Å². The van der Waals surface area contributed by atoms with Crippen molar-refractivity contribution in [3.8, 4) is 0 Å². The summed E-state index contributed by atoms with van der Waals surface area (Å²) in [5.41, 5.74) is -0.216. The number of aromatic carboxylic acids is 1. The molecule has 6 nitrogen and oxygen atoms in total. The first-order valence-electron chi connectivity index (χ1n) is 6.29. The summed E-state index contributed by atoms with van der Waals surface area (Å²) >= 11 is 5.76. The second-order valence-corrected chi connectivity index (χ2v) is 4.63. The highest BCUT2D eigenvalue weighted by molar-refractivity contribution is 6.33. The zero-order valence-corrected chi connectivity index (χ0v) is 12.5. The number of carboxylic acid groups (broad SMARTS) is 1. The van der Waals surface area contributed by atoms with Gasteiger partial charge in [-0.3, -0.25) is 4.79 Å². The Morgan fingerprint density at radius 3 is 2.40 bits per heavy atom. The molecule has 7 heteroatoms. The van der Waals surface area contributed by atoms with Crippen molar-refractivity contribution in [3.05, 3.63) is 22.8 Å². The number of likely N-dealkylation sites (N-methyl/N-ethyl adjacent to an activating group) is 2. The lowest BCUT2D eigenvalue weighted by molar-refractivity contribution is -0.129. The molecule has 0 aliphatic carbocycles. The van der Waals surface area contributed by atoms with Crippen LogP contribution in [0.15, 0.2) is 12.1 Å². The van der Waals surface area contributed by atoms with Crippen molar-refractivity contribution in [3.63, 3.8) is 0 Å². The topological polar surface area (TPSA) is 73.7 Å². The van der Waals surface area contributed by atoms with Crippen LogP contribution in [0.1, 0.15) is 24.3 Å². The van der Waals surface area contributed by atoms with Crippen LogP contribution in [0.2, 0.25) is 5.02 Å². The first-order chi connectivity index (χ1) is 9.40. The van der Waals surface area contributed by atoms with E-state index in [-0.39, 0.29) is 23.2 Å². The Morgan fingerprint density at radius 1 is 1.30 bits per heavy atom. The number of nitrogens with zero attached hydrogens (tertiary/aromatic N) is 3. The number of carboxylic acids is 1. The third-order valence-corrected chi connectivity index (χ3v) is 3.22. The molecule has 0 spiro atoms. The quantitative estimate of drug-likeness (QED) is 0.866. The van der Waals surface area contributed by atoms with Crippen LogP contribution in [0.5, 0.6) is 0 Å². The number of aromatic nitrogens is 1. The van der Waals surface area contributed by atoms with Crippen LogP contribution in [-0.2, 0) is 4.79 Å². The monoisotopic (exact) mass is 299 g/mol. The van der Waals surface area contributed by atoms with Crippen molar-refractivity contribution >= 4 is 29.3 Å². The molecular weight excluding hydrogens is 282 g/mol. The molecule has 0 fully saturated rings. The molecule has 0 saturated heterocycles. The Labute approximate surface area is 123 Å². The number of pyridine rings is 1. The van der Waals surface area contributed by atoms with Crippen LogP contribution >= 0.6 is 11.6 Å². The average Bonchev–Trinajstić information content (AvgIpc) is 2.40. The molecule has 1 aromatic heterocycles. The van der Waals surface area contributed by atoms with Crippen LogP contribution in [0.25, 0.3) is 0 Å². The smallest absolute Gasteiger partial charge is 0.356 e. The van der Waals surface area contributed by atoms with E-state index in [0.29, 0.717) is 18.9 Å². The number of amides is 1. The van der Waals surface area contributed by atoms with Gasteiger partial charge in [0, 0.05) is 20.1 Å². The largest absolute Gasteiger partial charge is 0.476 e. The summed E-state index contributed by atoms with van der Waals surface area (Å²) in [6.07, 6.45) is 0. The molecule has 20 heavy (non-hydrogen) atoms. The molecule has 1 heterocycles. The van der Waals surface area contributed by atoms with E-state index in [1.54, 1.807) is 22.9 Å². The van der Waals surface area contributed by atoms with E-state index in [0.717, 1.165) is 0 Å². The fraction of sp³-hybridized carbons (Fsp3) is 0.462. The predicted octanol–water partition coefficient (Wildman–Crippen LogP) is 1.74. The second kappa shape index (κ2) is 7.09. The van der Waals surface area contributed by atoms with Gasteiger partial charge in [0.2, 0.25) is 5.91 Å². The molecule has 1 N–H and O–H groups in total. The third-order valence-electron chi connectivity index (χ3n) is 2.91. The highest BCUT2D eigenvalue weighted by atomic mass is 35.5. The number of carbonyl (C=O) groups is 2. The van der Waals surface area contributed by atoms with Crippen LogP contribution in [0.4, 0.5) is 5.82 Å². The third kappa shape index (κ3) is 3.84. The average molecular weight is 300 g/mol. The Bertz CT molecular complexity index is 504. The normalized spacial score (nSPS) is 10.2. The molecule has 1 aromatic rings. The molecule has 0 aliphatic heterocycles. The Balaban J connectivity index is 2.87. The Hall–Kier alpha value is -1.82. The number of halogens is 1. The highest BCUT2D eigenvalue weighted by Gasteiger charge is 2.16. The maximum atomic E-state index is 12.0. The van der Waals surface area contributed by atoms with E-state index in [1.165, 1.54) is 6.07 Å². The van der Waals surface area contributed by atoms with Crippen molar-refractivity contribution < 1.29 is 14.7 Å². The number of hydrogen-bond donors (Lipinski definition) is 1. The number of anilines is 1. The summed E-state index contributed by atoms with van der Waals surface area (Å²) in [5.74, 6) is -0.834. The fourth-order valence-corrected chi connectivity index (χ4v) is 1.94. The SMILES string of the molecule is CCN(CC)C(=O)CN(C)c1ccc(Cl)c(C(=O)O)n1. The lowest BCUT2D eigenvalue weighted by Gasteiger charge is -2.24. The first-order valence-corrected chi connectivity index (χ1v) is 6.67. The van der Waals surface area contributed by atoms with E-state index in [2.05, 4.69) is 4.98 Å². The molecule has 1 amide bonds. The number of carbonyl (C=O) groups excluding carboxylic acids is 1. The Morgan fingerprint density at radius 2 is 1.90 bits per heavy atom. The van der Waals surface area contributed by atoms with Crippen molar-refractivity contribution in [1.82, 2.24) is 9.88 Å². The number of rotatable bonds is 6. The minimum absolute atomic E-state index is 0.0360. The van der Waals surface area contributed by atoms with Crippen molar-refractivity contribution in [2.75, 3.05) is 31.6 Å². The summed E-state index contributed by atoms with van der Waals surface area (Å²) in [5, 5.41) is 9.05. The van der Waals surface area contributed by atoms with E-state index in [4.69, 9.17) is 16.7 Å². The summed E-state index contributed by atoms with van der Waals surface area (Å²) < 4.78 is 0. The van der Waals surface area contributed by atoms with Gasteiger partial charge in [-0.15, -0.1) is 0 Å². The summed E-state index contributed by atoms with van der Waals surface area (Å²) in [6.45, 7) is 5.22. The van der Waals surface area contributed by atoms with Crippen molar-refractivity contribution in [2.24, 2.45) is 0 Å². The lowest BCUT2D eigenvalue weighted by Crippen LogP contribution is -2.39. The molecule has 110 valence electrons. The standard InChI is InChI=1S/C13H18ClN3O3/c1-4-17(5-2)11(18)8-16(3)10-7-6-9(14)12(15-10)13(19)20/h6-7H,4-5,8H2,1-3H3,(H,19,20). The maximum Gasteiger partial charge on any atom is 0.356 e. The van der Waals surface area contributed by atoms with E-state index in [1.807, 2.05) is 13.8 Å². The predicted molar refractivity (Wildman–Crippen MR) is 77.4 cm³/mol. The zero-order valence-electron chi connectivity index (χ0n) is 11.8. The first kappa shape index (κ1) is 16.2. The Kier molecular flexibility index (Phi) is 5.76. The summed E-state index contributed by atoms with van der Waals surface area (Å²) in [4.78, 5) is 30.2. The minimum atomic E-state index is -1.19. The van der Waals surface area contributed by atoms with Gasteiger partial charge in [0.15, 0.2) is 5.69 Å². The molecule has 0 saturated carbocycles. The zero-order chi connectivity index (χ0) is 15.3. The lowest BCUT2D eigenvalue weighted by atomic mass is 10.3. The fourth-order valence-electron chi connectivity index (χ4n) is 1.75. The molecule has 0 atom stereocenters. The van der Waals surface area contributed by atoms with Gasteiger partial charge >= 0.3 is 5.97 Å². The molecule has 0 unspecified atom stereocenters. The van der Waals surface area contributed by atoms with Gasteiger partial charge < -0.3 is 14.9 Å². The maximum absolute atomic E-state index is 12.0. The number of hydrogen-bond acceptors (Lipinski definition) is 4. The van der Waals surface area contributed by atoms with Gasteiger partial charge in [0.25, 0.3) is 0 Å². The van der Waals surface area contributed by atoms with Gasteiger partial charge in [-0.2, -0.15) is 0 Å². The molecule has 0 bridgehead atoms. The van der Waals surface area contributed by atoms with Gasteiger partial charge in [-0.25, -0.2) is 9.78 Å². The van der Waals surface area contributed by atoms with E-state index >= 15 is 0 Å². The van der Waals surface area contributed by atoms with E-state index in [9.17, 15) is 9.59 Å². The molecule has 0 aliphatic rings. The minimum Gasteiger partial charge on any atom is -0.476 e. The summed E-state index contributed by atoms with van der Waals surface area (Å²) in [7, 11) is 1.68. The van der Waals surface area contributed by atoms with Gasteiger partial charge in [-0.1, -0.05) is 11.6 Å². The van der Waals surface area contributed by atoms with Crippen LogP contribution < -0.4 is 4.90 Å². The van der Waals surface area contributed by atoms with Crippen molar-refractivity contribution in [1.29, 1.82) is 0 Å². The van der Waals surface area contributed by atoms with Crippen LogP contribution in [0, 0.1) is 0 Å². The highest BCUT2D eigenvalue weighted by Crippen LogP contribution is 2.18. The molecule has 0 aromatic carbocycles. The molecule has 0 radical (unpaired) electrons. The van der Waals surface area contributed by atoms with E-state index < -0.39 is 5.97 Å². The van der Waals surface area contributed by atoms with Gasteiger partial charge in [0.05, 0.1) is 11.6 Å².